The molecule has 1 aromatic rings. The number of fused-ring (bicyclic) bond motifs is 1. The van der Waals surface area contributed by atoms with Gasteiger partial charge in [-0.2, -0.15) is 0 Å². The average Bonchev–Trinajstić information content (AvgIpc) is 2.64. The number of carbonyl (C=O) groups is 2. The summed E-state index contributed by atoms with van der Waals surface area (Å²) in [6.45, 7) is 4.37. The van der Waals surface area contributed by atoms with Crippen LogP contribution in [0.2, 0.25) is 0 Å². The predicted molar refractivity (Wildman–Crippen MR) is 96.2 cm³/mol. The molecule has 2 aliphatic heterocycles. The second-order valence-electron chi connectivity index (χ2n) is 6.93. The molecule has 2 amide bonds. The highest BCUT2D eigenvalue weighted by Crippen LogP contribution is 2.31. The van der Waals surface area contributed by atoms with Crippen molar-refractivity contribution in [3.05, 3.63) is 24.3 Å². The molecule has 3 rings (SSSR count). The number of rotatable bonds is 2. The molecule has 0 bridgehead atoms. The van der Waals surface area contributed by atoms with Crippen molar-refractivity contribution >= 4 is 23.2 Å². The molecular weight excluding hydrogens is 302 g/mol. The van der Waals surface area contributed by atoms with Gasteiger partial charge in [-0.25, -0.2) is 0 Å². The van der Waals surface area contributed by atoms with Crippen LogP contribution in [0, 0.1) is 0 Å². The summed E-state index contributed by atoms with van der Waals surface area (Å²) in [6.07, 6.45) is 6.49. The molecule has 1 N–H and O–H groups in total. The zero-order valence-electron chi connectivity index (χ0n) is 14.5. The summed E-state index contributed by atoms with van der Waals surface area (Å²) in [4.78, 5) is 29.2. The van der Waals surface area contributed by atoms with Gasteiger partial charge < -0.3 is 10.2 Å². The Labute approximate surface area is 144 Å². The van der Waals surface area contributed by atoms with Crippen LogP contribution in [0.25, 0.3) is 0 Å². The van der Waals surface area contributed by atoms with Crippen LogP contribution >= 0.6 is 0 Å². The van der Waals surface area contributed by atoms with E-state index in [1.807, 2.05) is 36.1 Å². The van der Waals surface area contributed by atoms with Gasteiger partial charge in [-0.15, -0.1) is 0 Å². The molecule has 1 fully saturated rings. The van der Waals surface area contributed by atoms with Gasteiger partial charge in [0.2, 0.25) is 11.8 Å². The lowest BCUT2D eigenvalue weighted by atomic mass is 10.1. The summed E-state index contributed by atoms with van der Waals surface area (Å²) < 4.78 is 0. The van der Waals surface area contributed by atoms with Gasteiger partial charge in [0.1, 0.15) is 0 Å². The molecule has 2 aliphatic rings. The number of hydrogen-bond donors (Lipinski definition) is 1. The van der Waals surface area contributed by atoms with Gasteiger partial charge in [0.05, 0.1) is 17.9 Å². The largest absolute Gasteiger partial charge is 0.324 e. The van der Waals surface area contributed by atoms with Crippen molar-refractivity contribution in [1.29, 1.82) is 0 Å². The van der Waals surface area contributed by atoms with E-state index >= 15 is 0 Å². The van der Waals surface area contributed by atoms with Crippen LogP contribution in [0.4, 0.5) is 11.4 Å². The summed E-state index contributed by atoms with van der Waals surface area (Å²) in [5.41, 5.74) is 1.54. The molecule has 0 aromatic heterocycles. The molecule has 1 saturated heterocycles. The fraction of sp³-hybridized carbons (Fsp3) is 0.579. The number of benzene rings is 1. The smallest absolute Gasteiger partial charge is 0.241 e. The van der Waals surface area contributed by atoms with Gasteiger partial charge in [0, 0.05) is 12.5 Å². The molecule has 0 spiro atoms. The maximum absolute atomic E-state index is 13.0. The van der Waals surface area contributed by atoms with Crippen molar-refractivity contribution in [3.63, 3.8) is 0 Å². The van der Waals surface area contributed by atoms with Crippen LogP contribution in [0.3, 0.4) is 0 Å². The fourth-order valence-electron chi connectivity index (χ4n) is 3.71. The standard InChI is InChI=1S/C19H27N3O2/c1-15-13-18(23)20-16-9-5-6-10-17(16)22(15)19(24)14-21-11-7-3-2-4-8-12-21/h5-6,9-10,15H,2-4,7-8,11-14H2,1H3,(H,20,23). The number of nitrogens with zero attached hydrogens (tertiary/aromatic N) is 2. The van der Waals surface area contributed by atoms with Crippen LogP contribution in [-0.2, 0) is 9.59 Å². The predicted octanol–water partition coefficient (Wildman–Crippen LogP) is 3.02. The van der Waals surface area contributed by atoms with Crippen molar-refractivity contribution in [2.75, 3.05) is 29.9 Å². The summed E-state index contributed by atoms with van der Waals surface area (Å²) >= 11 is 0. The molecule has 5 nitrogen and oxygen atoms in total. The first-order valence-corrected chi connectivity index (χ1v) is 9.08. The Morgan fingerprint density at radius 1 is 1.12 bits per heavy atom. The molecule has 2 heterocycles. The van der Waals surface area contributed by atoms with Crippen molar-refractivity contribution in [1.82, 2.24) is 4.90 Å². The minimum absolute atomic E-state index is 0.0310. The molecule has 1 unspecified atom stereocenters. The zero-order chi connectivity index (χ0) is 16.9. The van der Waals surface area contributed by atoms with Gasteiger partial charge in [-0.1, -0.05) is 31.4 Å². The lowest BCUT2D eigenvalue weighted by Gasteiger charge is -2.31. The summed E-state index contributed by atoms with van der Waals surface area (Å²) in [5, 5.41) is 2.91. The quantitative estimate of drug-likeness (QED) is 0.907. The second-order valence-corrected chi connectivity index (χ2v) is 6.93. The van der Waals surface area contributed by atoms with Gasteiger partial charge in [-0.3, -0.25) is 14.5 Å². The van der Waals surface area contributed by atoms with E-state index in [9.17, 15) is 9.59 Å². The first kappa shape index (κ1) is 17.0. The number of nitrogens with one attached hydrogen (secondary N) is 1. The number of anilines is 2. The van der Waals surface area contributed by atoms with Crippen LogP contribution in [0.1, 0.15) is 45.4 Å². The van der Waals surface area contributed by atoms with Crippen molar-refractivity contribution in [2.45, 2.75) is 51.5 Å². The topological polar surface area (TPSA) is 52.7 Å². The Morgan fingerprint density at radius 3 is 2.54 bits per heavy atom. The fourth-order valence-corrected chi connectivity index (χ4v) is 3.71. The summed E-state index contributed by atoms with van der Waals surface area (Å²) in [5.74, 6) is 0.0588. The minimum Gasteiger partial charge on any atom is -0.324 e. The van der Waals surface area contributed by atoms with E-state index in [4.69, 9.17) is 0 Å². The van der Waals surface area contributed by atoms with Crippen LogP contribution in [0.5, 0.6) is 0 Å². The molecule has 0 radical (unpaired) electrons. The number of hydrogen-bond acceptors (Lipinski definition) is 3. The summed E-state index contributed by atoms with van der Waals surface area (Å²) in [6, 6.07) is 7.45. The molecule has 24 heavy (non-hydrogen) atoms. The zero-order valence-corrected chi connectivity index (χ0v) is 14.5. The Balaban J connectivity index is 1.78. The maximum atomic E-state index is 13.0. The highest BCUT2D eigenvalue weighted by molar-refractivity contribution is 6.04. The van der Waals surface area contributed by atoms with Gasteiger partial charge in [-0.05, 0) is 45.0 Å². The first-order valence-electron chi connectivity index (χ1n) is 9.08. The van der Waals surface area contributed by atoms with Crippen LogP contribution in [-0.4, -0.2) is 42.4 Å². The molecule has 0 saturated carbocycles. The highest BCUT2D eigenvalue weighted by Gasteiger charge is 2.30. The van der Waals surface area contributed by atoms with Crippen molar-refractivity contribution in [2.24, 2.45) is 0 Å². The van der Waals surface area contributed by atoms with Crippen molar-refractivity contribution < 1.29 is 9.59 Å². The van der Waals surface area contributed by atoms with E-state index in [2.05, 4.69) is 10.2 Å². The third-order valence-corrected chi connectivity index (χ3v) is 4.94. The van der Waals surface area contributed by atoms with Crippen molar-refractivity contribution in [3.8, 4) is 0 Å². The Morgan fingerprint density at radius 2 is 1.79 bits per heavy atom. The van der Waals surface area contributed by atoms with Gasteiger partial charge >= 0.3 is 0 Å². The third-order valence-electron chi connectivity index (χ3n) is 4.94. The Bertz CT molecular complexity index is 594. The van der Waals surface area contributed by atoms with Crippen LogP contribution < -0.4 is 10.2 Å². The van der Waals surface area contributed by atoms with E-state index in [0.717, 1.165) is 24.5 Å². The second kappa shape index (κ2) is 7.79. The van der Waals surface area contributed by atoms with E-state index in [1.165, 1.54) is 32.1 Å². The van der Waals surface area contributed by atoms with E-state index < -0.39 is 0 Å². The SMILES string of the molecule is CC1CC(=O)Nc2ccccc2N1C(=O)CN1CCCCCCC1. The van der Waals surface area contributed by atoms with Crippen LogP contribution in [0.15, 0.2) is 24.3 Å². The van der Waals surface area contributed by atoms with E-state index in [1.54, 1.807) is 0 Å². The number of para-hydroxylation sites is 2. The Kier molecular flexibility index (Phi) is 5.51. The number of amides is 2. The molecule has 130 valence electrons. The molecule has 1 atom stereocenters. The average molecular weight is 329 g/mol. The molecule has 0 aliphatic carbocycles. The molecular formula is C19H27N3O2. The van der Waals surface area contributed by atoms with E-state index in [-0.39, 0.29) is 17.9 Å². The minimum atomic E-state index is -0.129. The first-order chi connectivity index (χ1) is 11.6. The number of carbonyl (C=O) groups excluding carboxylic acids is 2. The third kappa shape index (κ3) is 3.96. The van der Waals surface area contributed by atoms with Gasteiger partial charge in [0.25, 0.3) is 0 Å². The summed E-state index contributed by atoms with van der Waals surface area (Å²) in [7, 11) is 0. The highest BCUT2D eigenvalue weighted by atomic mass is 16.2. The van der Waals surface area contributed by atoms with E-state index in [0.29, 0.717) is 13.0 Å². The monoisotopic (exact) mass is 329 g/mol. The Hall–Kier alpha value is -1.88. The lowest BCUT2D eigenvalue weighted by Crippen LogP contribution is -2.45. The maximum Gasteiger partial charge on any atom is 0.241 e. The molecule has 1 aromatic carbocycles. The normalized spacial score (nSPS) is 22.8. The van der Waals surface area contributed by atoms with Gasteiger partial charge in [0.15, 0.2) is 0 Å². The number of likely N-dealkylation sites (tertiary alicyclic amines) is 1. The molecule has 5 heteroatoms. The lowest BCUT2D eigenvalue weighted by molar-refractivity contribution is -0.120.